The summed E-state index contributed by atoms with van der Waals surface area (Å²) in [7, 11) is 0. The Morgan fingerprint density at radius 1 is 1.33 bits per heavy atom. The molecule has 1 aliphatic heterocycles. The molecule has 1 aromatic rings. The van der Waals surface area contributed by atoms with Gasteiger partial charge >= 0.3 is 0 Å². The van der Waals surface area contributed by atoms with Crippen molar-refractivity contribution in [3.05, 3.63) is 21.7 Å². The highest BCUT2D eigenvalue weighted by atomic mass is 35.5. The van der Waals surface area contributed by atoms with Crippen molar-refractivity contribution in [3.8, 4) is 0 Å². The fraction of sp³-hybridized carbons (Fsp3) is 0.600. The van der Waals surface area contributed by atoms with E-state index < -0.39 is 0 Å². The van der Waals surface area contributed by atoms with E-state index in [2.05, 4.69) is 9.97 Å². The van der Waals surface area contributed by atoms with Crippen LogP contribution < -0.4 is 0 Å². The SMILES string of the molecule is CCc1c(Cl)nc(C2CCCO2)nc1Cl. The smallest absolute Gasteiger partial charge is 0.160 e. The van der Waals surface area contributed by atoms with Crippen molar-refractivity contribution >= 4 is 23.2 Å². The second-order valence-corrected chi connectivity index (χ2v) is 4.21. The molecule has 1 aliphatic rings. The Labute approximate surface area is 98.8 Å². The zero-order valence-corrected chi connectivity index (χ0v) is 9.98. The van der Waals surface area contributed by atoms with Crippen LogP contribution in [0.5, 0.6) is 0 Å². The Kier molecular flexibility index (Phi) is 3.44. The summed E-state index contributed by atoms with van der Waals surface area (Å²) >= 11 is 12.0. The van der Waals surface area contributed by atoms with Crippen molar-refractivity contribution in [2.45, 2.75) is 32.3 Å². The molecule has 3 nitrogen and oxygen atoms in total. The van der Waals surface area contributed by atoms with Gasteiger partial charge in [0.15, 0.2) is 5.82 Å². The summed E-state index contributed by atoms with van der Waals surface area (Å²) in [5.41, 5.74) is 0.806. The molecule has 1 aromatic heterocycles. The third-order valence-corrected chi connectivity index (χ3v) is 3.12. The van der Waals surface area contributed by atoms with E-state index in [-0.39, 0.29) is 6.10 Å². The number of aromatic nitrogens is 2. The number of nitrogens with zero attached hydrogens (tertiary/aromatic N) is 2. The van der Waals surface area contributed by atoms with Crippen LogP contribution in [0.1, 0.15) is 37.3 Å². The first-order chi connectivity index (χ1) is 7.22. The van der Waals surface area contributed by atoms with Gasteiger partial charge in [-0.15, -0.1) is 0 Å². The molecule has 0 amide bonds. The van der Waals surface area contributed by atoms with Gasteiger partial charge in [0.25, 0.3) is 0 Å². The number of rotatable bonds is 2. The van der Waals surface area contributed by atoms with Gasteiger partial charge in [0.2, 0.25) is 0 Å². The Hall–Kier alpha value is -0.380. The predicted octanol–water partition coefficient (Wildman–Crippen LogP) is 3.20. The van der Waals surface area contributed by atoms with Crippen molar-refractivity contribution in [1.82, 2.24) is 9.97 Å². The van der Waals surface area contributed by atoms with E-state index in [0.717, 1.165) is 31.4 Å². The molecule has 2 heterocycles. The maximum absolute atomic E-state index is 6.02. The molecule has 0 N–H and O–H groups in total. The predicted molar refractivity (Wildman–Crippen MR) is 59.4 cm³/mol. The number of ether oxygens (including phenoxy) is 1. The number of halogens is 2. The van der Waals surface area contributed by atoms with Crippen LogP contribution in [0.25, 0.3) is 0 Å². The van der Waals surface area contributed by atoms with E-state index >= 15 is 0 Å². The van der Waals surface area contributed by atoms with Gasteiger partial charge in [0.05, 0.1) is 0 Å². The average molecular weight is 247 g/mol. The molecule has 2 rings (SSSR count). The third kappa shape index (κ3) is 2.25. The molecule has 15 heavy (non-hydrogen) atoms. The zero-order valence-electron chi connectivity index (χ0n) is 8.46. The van der Waals surface area contributed by atoms with Gasteiger partial charge in [-0.2, -0.15) is 0 Å². The van der Waals surface area contributed by atoms with Gasteiger partial charge in [-0.25, -0.2) is 9.97 Å². The monoisotopic (exact) mass is 246 g/mol. The Morgan fingerprint density at radius 3 is 2.47 bits per heavy atom. The largest absolute Gasteiger partial charge is 0.370 e. The van der Waals surface area contributed by atoms with Crippen LogP contribution in [0.4, 0.5) is 0 Å². The molecular weight excluding hydrogens is 235 g/mol. The van der Waals surface area contributed by atoms with Crippen molar-refractivity contribution in [3.63, 3.8) is 0 Å². The molecule has 1 atom stereocenters. The van der Waals surface area contributed by atoms with Crippen molar-refractivity contribution in [2.75, 3.05) is 6.61 Å². The van der Waals surface area contributed by atoms with Gasteiger partial charge in [0, 0.05) is 12.2 Å². The summed E-state index contributed by atoms with van der Waals surface area (Å²) in [4.78, 5) is 8.46. The second-order valence-electron chi connectivity index (χ2n) is 3.50. The van der Waals surface area contributed by atoms with Gasteiger partial charge < -0.3 is 4.74 Å². The molecule has 0 spiro atoms. The summed E-state index contributed by atoms with van der Waals surface area (Å²) in [5, 5.41) is 0.894. The van der Waals surface area contributed by atoms with Gasteiger partial charge in [-0.05, 0) is 19.3 Å². The highest BCUT2D eigenvalue weighted by Crippen LogP contribution is 2.29. The van der Waals surface area contributed by atoms with Crippen LogP contribution >= 0.6 is 23.2 Å². The summed E-state index contributed by atoms with van der Waals surface area (Å²) in [5.74, 6) is 0.611. The molecule has 1 saturated heterocycles. The molecule has 0 radical (unpaired) electrons. The third-order valence-electron chi connectivity index (χ3n) is 2.49. The fourth-order valence-corrected chi connectivity index (χ4v) is 2.33. The summed E-state index contributed by atoms with van der Waals surface area (Å²) in [6, 6.07) is 0. The quantitative estimate of drug-likeness (QED) is 0.752. The van der Waals surface area contributed by atoms with E-state index in [4.69, 9.17) is 27.9 Å². The van der Waals surface area contributed by atoms with Gasteiger partial charge in [-0.3, -0.25) is 0 Å². The van der Waals surface area contributed by atoms with Gasteiger partial charge in [0.1, 0.15) is 16.4 Å². The van der Waals surface area contributed by atoms with Crippen LogP contribution in [0.2, 0.25) is 10.3 Å². The Bertz CT molecular complexity index is 341. The lowest BCUT2D eigenvalue weighted by atomic mass is 10.2. The lowest BCUT2D eigenvalue weighted by Gasteiger charge is -2.10. The summed E-state index contributed by atoms with van der Waals surface area (Å²) < 4.78 is 5.48. The maximum Gasteiger partial charge on any atom is 0.160 e. The van der Waals surface area contributed by atoms with Gasteiger partial charge in [-0.1, -0.05) is 30.1 Å². The molecule has 82 valence electrons. The molecule has 5 heteroatoms. The summed E-state index contributed by atoms with van der Waals surface area (Å²) in [6.45, 7) is 2.74. The molecule has 0 aromatic carbocycles. The van der Waals surface area contributed by atoms with Crippen LogP contribution in [-0.4, -0.2) is 16.6 Å². The number of hydrogen-bond acceptors (Lipinski definition) is 3. The number of hydrogen-bond donors (Lipinski definition) is 0. The average Bonchev–Trinajstić information content (AvgIpc) is 2.69. The van der Waals surface area contributed by atoms with E-state index in [1.165, 1.54) is 0 Å². The van der Waals surface area contributed by atoms with Crippen molar-refractivity contribution in [1.29, 1.82) is 0 Å². The Morgan fingerprint density at radius 2 is 2.00 bits per heavy atom. The minimum absolute atomic E-state index is 0.0362. The van der Waals surface area contributed by atoms with Crippen LogP contribution in [0.15, 0.2) is 0 Å². The van der Waals surface area contributed by atoms with E-state index in [1.54, 1.807) is 0 Å². The lowest BCUT2D eigenvalue weighted by molar-refractivity contribution is 0.105. The summed E-state index contributed by atoms with van der Waals surface area (Å²) in [6.07, 6.45) is 2.69. The minimum Gasteiger partial charge on any atom is -0.370 e. The van der Waals surface area contributed by atoms with Crippen LogP contribution in [0.3, 0.4) is 0 Å². The fourth-order valence-electron chi connectivity index (χ4n) is 1.66. The molecule has 0 aliphatic carbocycles. The minimum atomic E-state index is -0.0362. The first-order valence-corrected chi connectivity index (χ1v) is 5.81. The second kappa shape index (κ2) is 4.64. The Balaban J connectivity index is 2.33. The van der Waals surface area contributed by atoms with Crippen molar-refractivity contribution in [2.24, 2.45) is 0 Å². The normalized spacial score (nSPS) is 20.9. The first-order valence-electron chi connectivity index (χ1n) is 5.05. The maximum atomic E-state index is 6.02. The van der Waals surface area contributed by atoms with Crippen LogP contribution in [0, 0.1) is 0 Å². The molecule has 1 unspecified atom stereocenters. The van der Waals surface area contributed by atoms with Crippen molar-refractivity contribution < 1.29 is 4.74 Å². The molecule has 0 saturated carbocycles. The molecule has 0 bridgehead atoms. The topological polar surface area (TPSA) is 35.0 Å². The van der Waals surface area contributed by atoms with Crippen LogP contribution in [-0.2, 0) is 11.2 Å². The van der Waals surface area contributed by atoms with E-state index in [9.17, 15) is 0 Å². The first kappa shape index (κ1) is 11.1. The highest BCUT2D eigenvalue weighted by Gasteiger charge is 2.22. The zero-order chi connectivity index (χ0) is 10.8. The molecular formula is C10H12Cl2N2O. The van der Waals surface area contributed by atoms with E-state index in [1.807, 2.05) is 6.92 Å². The molecule has 1 fully saturated rings. The highest BCUT2D eigenvalue weighted by molar-refractivity contribution is 6.34. The van der Waals surface area contributed by atoms with E-state index in [0.29, 0.717) is 16.1 Å². The lowest BCUT2D eigenvalue weighted by Crippen LogP contribution is -2.05. The standard InChI is InChI=1S/C10H12Cl2N2O/c1-2-6-8(11)13-10(14-9(6)12)7-4-3-5-15-7/h7H,2-5H2,1H3.